The SMILES string of the molecule is COCCOc1cccc([C@H](CC(=O)OC)CN2CC3(CCN(Cc4ccc5c(n4)NCCC5)CC3(F)F)C2)c1. The summed E-state index contributed by atoms with van der Waals surface area (Å²) in [5.74, 6) is -1.73. The number of aromatic nitrogens is 1. The Kier molecular flexibility index (Phi) is 8.87. The molecule has 4 heterocycles. The summed E-state index contributed by atoms with van der Waals surface area (Å²) in [6.45, 7) is 3.70. The van der Waals surface area contributed by atoms with E-state index in [1.54, 1.807) is 7.11 Å². The van der Waals surface area contributed by atoms with Crippen LogP contribution in [0.5, 0.6) is 5.75 Å². The number of hydrogen-bond donors (Lipinski definition) is 1. The maximum Gasteiger partial charge on any atom is 0.306 e. The number of likely N-dealkylation sites (tertiary alicyclic amines) is 2. The number of alkyl halides is 2. The largest absolute Gasteiger partial charge is 0.491 e. The second-order valence-electron chi connectivity index (χ2n) is 11.3. The topological polar surface area (TPSA) is 76.2 Å². The quantitative estimate of drug-likeness (QED) is 0.328. The number of pyridine rings is 1. The summed E-state index contributed by atoms with van der Waals surface area (Å²) < 4.78 is 47.0. The predicted molar refractivity (Wildman–Crippen MR) is 148 cm³/mol. The van der Waals surface area contributed by atoms with Gasteiger partial charge in [-0.3, -0.25) is 9.69 Å². The zero-order chi connectivity index (χ0) is 28.2. The number of halogens is 2. The number of benzene rings is 1. The van der Waals surface area contributed by atoms with Crippen molar-refractivity contribution >= 4 is 11.8 Å². The van der Waals surface area contributed by atoms with Crippen molar-refractivity contribution in [2.24, 2.45) is 5.41 Å². The molecule has 0 bridgehead atoms. The van der Waals surface area contributed by atoms with E-state index >= 15 is 8.78 Å². The van der Waals surface area contributed by atoms with E-state index in [2.05, 4.69) is 11.4 Å². The Morgan fingerprint density at radius 2 is 1.98 bits per heavy atom. The number of nitrogens with zero attached hydrogens (tertiary/aromatic N) is 3. The first-order chi connectivity index (χ1) is 19.3. The Labute approximate surface area is 235 Å². The van der Waals surface area contributed by atoms with Gasteiger partial charge in [0.1, 0.15) is 18.2 Å². The van der Waals surface area contributed by atoms with E-state index in [0.29, 0.717) is 58.1 Å². The second kappa shape index (κ2) is 12.4. The zero-order valence-electron chi connectivity index (χ0n) is 23.5. The molecule has 1 aromatic carbocycles. The zero-order valence-corrected chi connectivity index (χ0v) is 23.5. The van der Waals surface area contributed by atoms with Gasteiger partial charge in [0, 0.05) is 45.8 Å². The fourth-order valence-electron chi connectivity index (χ4n) is 6.22. The van der Waals surface area contributed by atoms with Crippen molar-refractivity contribution in [2.45, 2.75) is 44.1 Å². The molecule has 1 atom stereocenters. The molecule has 0 aliphatic carbocycles. The van der Waals surface area contributed by atoms with E-state index in [9.17, 15) is 4.79 Å². The molecule has 1 spiro atoms. The van der Waals surface area contributed by atoms with Crippen LogP contribution >= 0.6 is 0 Å². The number of esters is 1. The lowest BCUT2D eigenvalue weighted by Gasteiger charge is -2.58. The summed E-state index contributed by atoms with van der Waals surface area (Å²) in [4.78, 5) is 20.8. The van der Waals surface area contributed by atoms with E-state index < -0.39 is 11.3 Å². The number of hydrogen-bond acceptors (Lipinski definition) is 8. The van der Waals surface area contributed by atoms with Crippen LogP contribution in [0.4, 0.5) is 14.6 Å². The number of aryl methyl sites for hydroxylation is 1. The molecule has 0 amide bonds. The van der Waals surface area contributed by atoms with Gasteiger partial charge in [-0.05, 0) is 55.1 Å². The molecule has 218 valence electrons. The lowest BCUT2D eigenvalue weighted by molar-refractivity contribution is -0.226. The highest BCUT2D eigenvalue weighted by molar-refractivity contribution is 5.70. The van der Waals surface area contributed by atoms with Gasteiger partial charge in [0.2, 0.25) is 0 Å². The van der Waals surface area contributed by atoms with Crippen molar-refractivity contribution in [3.63, 3.8) is 0 Å². The number of methoxy groups -OCH3 is 2. The number of piperidine rings is 1. The first-order valence-electron chi connectivity index (χ1n) is 14.1. The van der Waals surface area contributed by atoms with Gasteiger partial charge in [-0.15, -0.1) is 0 Å². The van der Waals surface area contributed by atoms with Gasteiger partial charge >= 0.3 is 5.97 Å². The lowest BCUT2D eigenvalue weighted by atomic mass is 9.68. The molecule has 5 rings (SSSR count). The minimum absolute atomic E-state index is 0.175. The molecule has 0 unspecified atom stereocenters. The van der Waals surface area contributed by atoms with Crippen molar-refractivity contribution in [3.05, 3.63) is 53.2 Å². The van der Waals surface area contributed by atoms with E-state index in [4.69, 9.17) is 19.2 Å². The molecular formula is C30H40F2N4O4. The highest BCUT2D eigenvalue weighted by Gasteiger charge is 2.62. The molecule has 2 saturated heterocycles. The van der Waals surface area contributed by atoms with E-state index in [1.807, 2.05) is 40.1 Å². The number of anilines is 1. The van der Waals surface area contributed by atoms with Crippen molar-refractivity contribution in [3.8, 4) is 5.75 Å². The lowest BCUT2D eigenvalue weighted by Crippen LogP contribution is -2.70. The minimum Gasteiger partial charge on any atom is -0.491 e. The Bertz CT molecular complexity index is 1170. The third-order valence-electron chi connectivity index (χ3n) is 8.50. The molecule has 8 nitrogen and oxygen atoms in total. The first-order valence-corrected chi connectivity index (χ1v) is 14.1. The van der Waals surface area contributed by atoms with Crippen LogP contribution in [0, 0.1) is 5.41 Å². The Morgan fingerprint density at radius 3 is 2.75 bits per heavy atom. The minimum atomic E-state index is -2.80. The average molecular weight is 559 g/mol. The predicted octanol–water partition coefficient (Wildman–Crippen LogP) is 3.95. The monoisotopic (exact) mass is 558 g/mol. The summed E-state index contributed by atoms with van der Waals surface area (Å²) in [6.07, 6.45) is 2.70. The highest BCUT2D eigenvalue weighted by Crippen LogP contribution is 2.50. The van der Waals surface area contributed by atoms with Crippen LogP contribution in [0.2, 0.25) is 0 Å². The summed E-state index contributed by atoms with van der Waals surface area (Å²) in [5, 5.41) is 3.33. The van der Waals surface area contributed by atoms with Gasteiger partial charge < -0.3 is 24.4 Å². The number of ether oxygens (including phenoxy) is 3. The van der Waals surface area contributed by atoms with Gasteiger partial charge in [-0.2, -0.15) is 0 Å². The van der Waals surface area contributed by atoms with Crippen molar-refractivity contribution in [1.82, 2.24) is 14.8 Å². The molecule has 3 aliphatic rings. The smallest absolute Gasteiger partial charge is 0.306 e. The van der Waals surface area contributed by atoms with E-state index in [0.717, 1.165) is 36.5 Å². The molecule has 2 aromatic rings. The normalized spacial score (nSPS) is 20.7. The van der Waals surface area contributed by atoms with Gasteiger partial charge in [0.15, 0.2) is 0 Å². The third kappa shape index (κ3) is 6.39. The molecule has 2 fully saturated rings. The van der Waals surface area contributed by atoms with Gasteiger partial charge in [-0.25, -0.2) is 13.8 Å². The standard InChI is InChI=1S/C30H40F2N4O4/c1-38-13-14-40-26-7-3-5-23(15-26)24(16-27(37)39-2)17-36-19-29(20-36)10-12-35(21-30(29,31)32)18-25-9-8-22-6-4-11-33-28(22)34-25/h3,5,7-9,15,24H,4,6,10-14,16-21H2,1-2H3,(H,33,34)/t24-/m1/s1. The first kappa shape index (κ1) is 28.7. The summed E-state index contributed by atoms with van der Waals surface area (Å²) in [7, 11) is 2.98. The Balaban J connectivity index is 1.19. The molecule has 0 saturated carbocycles. The van der Waals surface area contributed by atoms with Crippen LogP contribution in [0.15, 0.2) is 36.4 Å². The summed E-state index contributed by atoms with van der Waals surface area (Å²) in [6, 6.07) is 11.6. The summed E-state index contributed by atoms with van der Waals surface area (Å²) >= 11 is 0. The molecule has 1 aromatic heterocycles. The van der Waals surface area contributed by atoms with Crippen LogP contribution < -0.4 is 10.1 Å². The van der Waals surface area contributed by atoms with Gasteiger partial charge in [-0.1, -0.05) is 18.2 Å². The van der Waals surface area contributed by atoms with Crippen LogP contribution in [-0.2, 0) is 27.2 Å². The van der Waals surface area contributed by atoms with Crippen LogP contribution in [0.1, 0.15) is 42.0 Å². The Hall–Kier alpha value is -2.82. The Morgan fingerprint density at radius 1 is 1.12 bits per heavy atom. The molecule has 40 heavy (non-hydrogen) atoms. The van der Waals surface area contributed by atoms with E-state index in [-0.39, 0.29) is 24.9 Å². The third-order valence-corrected chi connectivity index (χ3v) is 8.50. The summed E-state index contributed by atoms with van der Waals surface area (Å²) in [5.41, 5.74) is 1.92. The maximum atomic E-state index is 15.6. The number of carbonyl (C=O) groups excluding carboxylic acids is 1. The molecular weight excluding hydrogens is 518 g/mol. The average Bonchev–Trinajstić information content (AvgIpc) is 2.93. The molecule has 0 radical (unpaired) electrons. The fraction of sp³-hybridized carbons (Fsp3) is 0.600. The van der Waals surface area contributed by atoms with Crippen LogP contribution in [0.3, 0.4) is 0 Å². The van der Waals surface area contributed by atoms with Crippen LogP contribution in [0.25, 0.3) is 0 Å². The molecule has 3 aliphatic heterocycles. The van der Waals surface area contributed by atoms with Crippen molar-refractivity contribution < 1.29 is 27.8 Å². The van der Waals surface area contributed by atoms with E-state index in [1.165, 1.54) is 12.7 Å². The van der Waals surface area contributed by atoms with Gasteiger partial charge in [0.25, 0.3) is 5.92 Å². The van der Waals surface area contributed by atoms with Crippen molar-refractivity contribution in [1.29, 1.82) is 0 Å². The van der Waals surface area contributed by atoms with Crippen molar-refractivity contribution in [2.75, 3.05) is 72.0 Å². The highest BCUT2D eigenvalue weighted by atomic mass is 19.3. The van der Waals surface area contributed by atoms with Gasteiger partial charge in [0.05, 0.1) is 37.8 Å². The second-order valence-corrected chi connectivity index (χ2v) is 11.3. The molecule has 1 N–H and O–H groups in total. The van der Waals surface area contributed by atoms with Crippen LogP contribution in [-0.4, -0.2) is 93.4 Å². The number of nitrogens with one attached hydrogen (secondary N) is 1. The number of fused-ring (bicyclic) bond motifs is 1. The number of carbonyl (C=O) groups is 1. The fourth-order valence-corrected chi connectivity index (χ4v) is 6.22. The maximum absolute atomic E-state index is 15.6. The number of rotatable bonds is 11. The molecule has 10 heteroatoms.